The van der Waals surface area contributed by atoms with E-state index in [4.69, 9.17) is 5.11 Å². The molecule has 1 rings (SSSR count). The van der Waals surface area contributed by atoms with Gasteiger partial charge in [0.2, 0.25) is 0 Å². The predicted octanol–water partition coefficient (Wildman–Crippen LogP) is 1.33. The first kappa shape index (κ1) is 13.3. The molecule has 17 heavy (non-hydrogen) atoms. The molecule has 1 aromatic carbocycles. The molecule has 0 bridgehead atoms. The Labute approximate surface area is 102 Å². The van der Waals surface area contributed by atoms with E-state index in [-0.39, 0.29) is 11.4 Å². The maximum atomic E-state index is 13.2. The third kappa shape index (κ3) is 3.95. The lowest BCUT2D eigenvalue weighted by molar-refractivity contribution is -0.138. The van der Waals surface area contributed by atoms with Crippen molar-refractivity contribution in [2.45, 2.75) is 6.04 Å². The molecule has 0 radical (unpaired) electrons. The van der Waals surface area contributed by atoms with Gasteiger partial charge in [-0.3, -0.25) is 0 Å². The Morgan fingerprint density at radius 3 is 2.59 bits per heavy atom. The van der Waals surface area contributed by atoms with E-state index < -0.39 is 23.9 Å². The summed E-state index contributed by atoms with van der Waals surface area (Å²) >= 11 is 3.78. The number of carboxylic acids is 1. The summed E-state index contributed by atoms with van der Waals surface area (Å²) in [7, 11) is 0. The SMILES string of the molecule is O=C(Nc1ccccc1F)NC(CS)C(=O)O. The van der Waals surface area contributed by atoms with Gasteiger partial charge in [-0.05, 0) is 12.1 Å². The van der Waals surface area contributed by atoms with Crippen molar-refractivity contribution in [1.82, 2.24) is 5.32 Å². The molecule has 3 N–H and O–H groups in total. The Morgan fingerprint density at radius 2 is 2.06 bits per heavy atom. The standard InChI is InChI=1S/C10H11FN2O3S/c11-6-3-1-2-4-7(6)12-10(16)13-8(5-17)9(14)15/h1-4,8,17H,5H2,(H,14,15)(H2,12,13,16). The van der Waals surface area contributed by atoms with Crippen molar-refractivity contribution >= 4 is 30.3 Å². The first-order valence-corrected chi connectivity index (χ1v) is 5.33. The highest BCUT2D eigenvalue weighted by Gasteiger charge is 2.18. The second-order valence-corrected chi connectivity index (χ2v) is 3.52. The number of nitrogens with one attached hydrogen (secondary N) is 2. The normalized spacial score (nSPS) is 11.6. The number of urea groups is 1. The first-order chi connectivity index (χ1) is 8.04. The summed E-state index contributed by atoms with van der Waals surface area (Å²) in [5.41, 5.74) is -0.0201. The lowest BCUT2D eigenvalue weighted by Crippen LogP contribution is -2.44. The van der Waals surface area contributed by atoms with Crippen LogP contribution in [0.5, 0.6) is 0 Å². The van der Waals surface area contributed by atoms with Crippen molar-refractivity contribution in [1.29, 1.82) is 0 Å². The van der Waals surface area contributed by atoms with Gasteiger partial charge in [0.05, 0.1) is 5.69 Å². The molecule has 0 aliphatic carbocycles. The Morgan fingerprint density at radius 1 is 1.41 bits per heavy atom. The zero-order chi connectivity index (χ0) is 12.8. The Kier molecular flexibility index (Phi) is 4.77. The van der Waals surface area contributed by atoms with Gasteiger partial charge in [-0.25, -0.2) is 14.0 Å². The van der Waals surface area contributed by atoms with Gasteiger partial charge in [-0.2, -0.15) is 12.6 Å². The maximum Gasteiger partial charge on any atom is 0.327 e. The van der Waals surface area contributed by atoms with E-state index in [0.717, 1.165) is 0 Å². The van der Waals surface area contributed by atoms with Crippen molar-refractivity contribution in [2.24, 2.45) is 0 Å². The number of amides is 2. The van der Waals surface area contributed by atoms with Gasteiger partial charge in [0, 0.05) is 5.75 Å². The van der Waals surface area contributed by atoms with Gasteiger partial charge < -0.3 is 15.7 Å². The van der Waals surface area contributed by atoms with Crippen molar-refractivity contribution in [3.63, 3.8) is 0 Å². The van der Waals surface area contributed by atoms with E-state index in [9.17, 15) is 14.0 Å². The van der Waals surface area contributed by atoms with Crippen molar-refractivity contribution in [3.8, 4) is 0 Å². The van der Waals surface area contributed by atoms with Crippen molar-refractivity contribution in [2.75, 3.05) is 11.1 Å². The summed E-state index contributed by atoms with van der Waals surface area (Å²) in [5, 5.41) is 13.0. The first-order valence-electron chi connectivity index (χ1n) is 4.70. The van der Waals surface area contributed by atoms with Gasteiger partial charge in [0.25, 0.3) is 0 Å². The number of carbonyl (C=O) groups excluding carboxylic acids is 1. The Balaban J connectivity index is 2.61. The molecule has 1 unspecified atom stereocenters. The van der Waals surface area contributed by atoms with Gasteiger partial charge in [0.1, 0.15) is 11.9 Å². The number of para-hydroxylation sites is 1. The van der Waals surface area contributed by atoms with E-state index in [2.05, 4.69) is 23.3 Å². The van der Waals surface area contributed by atoms with Crippen LogP contribution in [0.3, 0.4) is 0 Å². The summed E-state index contributed by atoms with van der Waals surface area (Å²) in [6.07, 6.45) is 0. The molecule has 0 saturated heterocycles. The molecule has 0 aromatic heterocycles. The smallest absolute Gasteiger partial charge is 0.327 e. The fourth-order valence-corrected chi connectivity index (χ4v) is 1.31. The minimum atomic E-state index is -1.20. The highest BCUT2D eigenvalue weighted by molar-refractivity contribution is 7.80. The van der Waals surface area contributed by atoms with E-state index in [1.54, 1.807) is 6.07 Å². The molecule has 0 heterocycles. The highest BCUT2D eigenvalue weighted by Crippen LogP contribution is 2.11. The Hall–Kier alpha value is -1.76. The minimum Gasteiger partial charge on any atom is -0.480 e. The molecule has 5 nitrogen and oxygen atoms in total. The summed E-state index contributed by atoms with van der Waals surface area (Å²) < 4.78 is 13.2. The van der Waals surface area contributed by atoms with E-state index >= 15 is 0 Å². The topological polar surface area (TPSA) is 78.4 Å². The number of benzene rings is 1. The van der Waals surface area contributed by atoms with Crippen LogP contribution >= 0.6 is 12.6 Å². The van der Waals surface area contributed by atoms with E-state index in [1.165, 1.54) is 18.2 Å². The molecule has 0 spiro atoms. The quantitative estimate of drug-likeness (QED) is 0.615. The number of anilines is 1. The summed E-state index contributed by atoms with van der Waals surface area (Å²) in [6.45, 7) is 0. The van der Waals surface area contributed by atoms with Crippen LogP contribution in [0.4, 0.5) is 14.9 Å². The lowest BCUT2D eigenvalue weighted by atomic mass is 10.3. The van der Waals surface area contributed by atoms with Crippen LogP contribution in [0.2, 0.25) is 0 Å². The number of rotatable bonds is 4. The van der Waals surface area contributed by atoms with Gasteiger partial charge in [-0.1, -0.05) is 12.1 Å². The Bertz CT molecular complexity index is 428. The van der Waals surface area contributed by atoms with Crippen LogP contribution in [-0.2, 0) is 4.79 Å². The number of halogens is 1. The lowest BCUT2D eigenvalue weighted by Gasteiger charge is -2.13. The van der Waals surface area contributed by atoms with Crippen molar-refractivity contribution in [3.05, 3.63) is 30.1 Å². The molecular weight excluding hydrogens is 247 g/mol. The number of hydrogen-bond donors (Lipinski definition) is 4. The molecule has 0 aliphatic rings. The van der Waals surface area contributed by atoms with Gasteiger partial charge in [0.15, 0.2) is 0 Å². The molecule has 7 heteroatoms. The number of carboxylic acid groups (broad SMARTS) is 1. The summed E-state index contributed by atoms with van der Waals surface area (Å²) in [6, 6.07) is 3.66. The molecule has 2 amide bonds. The average molecular weight is 258 g/mol. The van der Waals surface area contributed by atoms with Crippen LogP contribution in [0.1, 0.15) is 0 Å². The fourth-order valence-electron chi connectivity index (χ4n) is 1.06. The third-order valence-corrected chi connectivity index (χ3v) is 2.27. The molecular formula is C10H11FN2O3S. The summed E-state index contributed by atoms with van der Waals surface area (Å²) in [4.78, 5) is 22.0. The molecule has 92 valence electrons. The van der Waals surface area contributed by atoms with Gasteiger partial charge in [-0.15, -0.1) is 0 Å². The summed E-state index contributed by atoms with van der Waals surface area (Å²) in [5.74, 6) is -1.86. The maximum absolute atomic E-state index is 13.2. The molecule has 1 aromatic rings. The van der Waals surface area contributed by atoms with Crippen LogP contribution in [0.25, 0.3) is 0 Å². The minimum absolute atomic E-state index is 0.0201. The van der Waals surface area contributed by atoms with Crippen molar-refractivity contribution < 1.29 is 19.1 Å². The second-order valence-electron chi connectivity index (χ2n) is 3.15. The van der Waals surface area contributed by atoms with Crippen LogP contribution in [0.15, 0.2) is 24.3 Å². The third-order valence-electron chi connectivity index (χ3n) is 1.91. The van der Waals surface area contributed by atoms with Gasteiger partial charge >= 0.3 is 12.0 Å². The van der Waals surface area contributed by atoms with E-state index in [0.29, 0.717) is 0 Å². The van der Waals surface area contributed by atoms with E-state index in [1.807, 2.05) is 0 Å². The number of aliphatic carboxylic acids is 1. The molecule has 0 saturated carbocycles. The van der Waals surface area contributed by atoms with Crippen LogP contribution in [-0.4, -0.2) is 28.9 Å². The predicted molar refractivity (Wildman–Crippen MR) is 63.8 cm³/mol. The number of hydrogen-bond acceptors (Lipinski definition) is 3. The van der Waals surface area contributed by atoms with Crippen LogP contribution < -0.4 is 10.6 Å². The van der Waals surface area contributed by atoms with Crippen LogP contribution in [0, 0.1) is 5.82 Å². The molecule has 1 atom stereocenters. The number of carbonyl (C=O) groups is 2. The fraction of sp³-hybridized carbons (Fsp3) is 0.200. The number of thiol groups is 1. The molecule has 0 fully saturated rings. The average Bonchev–Trinajstić information content (AvgIpc) is 2.28. The largest absolute Gasteiger partial charge is 0.480 e. The zero-order valence-electron chi connectivity index (χ0n) is 8.68. The second kappa shape index (κ2) is 6.09. The molecule has 0 aliphatic heterocycles. The highest BCUT2D eigenvalue weighted by atomic mass is 32.1. The monoisotopic (exact) mass is 258 g/mol. The zero-order valence-corrected chi connectivity index (χ0v) is 9.58.